The summed E-state index contributed by atoms with van der Waals surface area (Å²) in [5, 5.41) is 4.12. The molecule has 0 radical (unpaired) electrons. The lowest BCUT2D eigenvalue weighted by molar-refractivity contribution is 0.0937. The first-order valence-corrected chi connectivity index (χ1v) is 4.67. The number of nitrogens with one attached hydrogen (secondary N) is 1. The fourth-order valence-electron chi connectivity index (χ4n) is 1.51. The molecule has 0 bridgehead atoms. The molecule has 2 heterocycles. The molecule has 0 saturated carbocycles. The van der Waals surface area contributed by atoms with Crippen molar-refractivity contribution in [3.8, 4) is 0 Å². The van der Waals surface area contributed by atoms with E-state index in [2.05, 4.69) is 15.1 Å². The molecule has 2 aromatic heterocycles. The molecule has 0 saturated heterocycles. The van der Waals surface area contributed by atoms with Gasteiger partial charge in [0.1, 0.15) is 0 Å². The van der Waals surface area contributed by atoms with Crippen LogP contribution >= 0.6 is 0 Å². The lowest BCUT2D eigenvalue weighted by atomic mass is 10.3. The lowest BCUT2D eigenvalue weighted by Crippen LogP contribution is -2.16. The van der Waals surface area contributed by atoms with Crippen LogP contribution < -0.4 is 0 Å². The zero-order chi connectivity index (χ0) is 11.0. The number of aromatic amines is 1. The van der Waals surface area contributed by atoms with Gasteiger partial charge in [0, 0.05) is 11.4 Å². The van der Waals surface area contributed by atoms with Gasteiger partial charge in [0.25, 0.3) is 5.91 Å². The van der Waals surface area contributed by atoms with E-state index in [1.807, 2.05) is 26.8 Å². The quantitative estimate of drug-likeness (QED) is 0.759. The van der Waals surface area contributed by atoms with E-state index in [9.17, 15) is 4.79 Å². The zero-order valence-corrected chi connectivity index (χ0v) is 8.90. The second-order valence-corrected chi connectivity index (χ2v) is 3.52. The van der Waals surface area contributed by atoms with Crippen molar-refractivity contribution in [3.63, 3.8) is 0 Å². The molecule has 0 unspecified atom stereocenters. The first kappa shape index (κ1) is 9.64. The number of H-pyrrole nitrogens is 1. The Hall–Kier alpha value is -1.91. The Morgan fingerprint density at radius 1 is 1.40 bits per heavy atom. The van der Waals surface area contributed by atoms with Gasteiger partial charge >= 0.3 is 0 Å². The topological polar surface area (TPSA) is 63.6 Å². The fraction of sp³-hybridized carbons (Fsp3) is 0.300. The third-order valence-electron chi connectivity index (χ3n) is 2.23. The number of nitrogens with zero attached hydrogens (tertiary/aromatic N) is 3. The van der Waals surface area contributed by atoms with Crippen molar-refractivity contribution in [2.75, 3.05) is 0 Å². The molecule has 0 aromatic carbocycles. The Bertz CT molecular complexity index is 509. The Balaban J connectivity index is 2.45. The monoisotopic (exact) mass is 204 g/mol. The number of carbonyl (C=O) groups excluding carboxylic acids is 1. The Morgan fingerprint density at radius 2 is 2.13 bits per heavy atom. The Morgan fingerprint density at radius 3 is 2.60 bits per heavy atom. The molecular weight excluding hydrogens is 192 g/mol. The molecule has 78 valence electrons. The largest absolute Gasteiger partial charge is 0.348 e. The minimum absolute atomic E-state index is 0.195. The van der Waals surface area contributed by atoms with Crippen molar-refractivity contribution in [2.24, 2.45) is 0 Å². The minimum atomic E-state index is -0.195. The summed E-state index contributed by atoms with van der Waals surface area (Å²) in [6, 6.07) is 1.86. The van der Waals surface area contributed by atoms with Crippen LogP contribution in [0.5, 0.6) is 0 Å². The van der Waals surface area contributed by atoms with Crippen molar-refractivity contribution in [1.82, 2.24) is 19.7 Å². The van der Waals surface area contributed by atoms with E-state index in [0.717, 1.165) is 17.1 Å². The number of hydrogen-bond acceptors (Lipinski definition) is 3. The molecule has 0 atom stereocenters. The summed E-state index contributed by atoms with van der Waals surface area (Å²) in [5.74, 6) is -0.195. The van der Waals surface area contributed by atoms with Crippen LogP contribution in [0.15, 0.2) is 12.4 Å². The van der Waals surface area contributed by atoms with Gasteiger partial charge in [0.2, 0.25) is 0 Å². The molecule has 2 aromatic rings. The van der Waals surface area contributed by atoms with Crippen LogP contribution in [0.4, 0.5) is 0 Å². The summed E-state index contributed by atoms with van der Waals surface area (Å²) in [7, 11) is 0. The van der Waals surface area contributed by atoms with Crippen molar-refractivity contribution in [2.45, 2.75) is 20.8 Å². The number of carbonyl (C=O) groups is 1. The Kier molecular flexibility index (Phi) is 2.15. The molecular formula is C10H12N4O. The maximum Gasteiger partial charge on any atom is 0.298 e. The van der Waals surface area contributed by atoms with Crippen molar-refractivity contribution in [3.05, 3.63) is 35.2 Å². The van der Waals surface area contributed by atoms with Crippen LogP contribution in [-0.4, -0.2) is 25.7 Å². The smallest absolute Gasteiger partial charge is 0.298 e. The number of aromatic nitrogens is 4. The van der Waals surface area contributed by atoms with Gasteiger partial charge in [-0.1, -0.05) is 0 Å². The molecule has 1 N–H and O–H groups in total. The van der Waals surface area contributed by atoms with E-state index < -0.39 is 0 Å². The molecule has 15 heavy (non-hydrogen) atoms. The summed E-state index contributed by atoms with van der Waals surface area (Å²) in [6.45, 7) is 5.51. The number of imidazole rings is 1. The second kappa shape index (κ2) is 3.34. The van der Waals surface area contributed by atoms with Gasteiger partial charge in [0.05, 0.1) is 12.0 Å². The number of aryl methyl sites for hydroxylation is 3. The summed E-state index contributed by atoms with van der Waals surface area (Å²) in [6.07, 6.45) is 1.51. The maximum absolute atomic E-state index is 12.0. The number of rotatable bonds is 1. The summed E-state index contributed by atoms with van der Waals surface area (Å²) in [5.41, 5.74) is 2.82. The molecule has 0 aliphatic carbocycles. The van der Waals surface area contributed by atoms with Crippen molar-refractivity contribution >= 4 is 5.91 Å². The van der Waals surface area contributed by atoms with E-state index in [1.54, 1.807) is 0 Å². The van der Waals surface area contributed by atoms with E-state index in [0.29, 0.717) is 5.69 Å². The molecule has 2 rings (SSSR count). The predicted molar refractivity (Wildman–Crippen MR) is 54.8 cm³/mol. The SMILES string of the molecule is Cc1cc(C)n(C(=O)c2nc[nH]c2C)n1. The van der Waals surface area contributed by atoms with Crippen molar-refractivity contribution in [1.29, 1.82) is 0 Å². The van der Waals surface area contributed by atoms with Gasteiger partial charge in [-0.05, 0) is 26.8 Å². The lowest BCUT2D eigenvalue weighted by Gasteiger charge is -2.00. The van der Waals surface area contributed by atoms with Crippen LogP contribution in [0.3, 0.4) is 0 Å². The first-order chi connectivity index (χ1) is 7.09. The van der Waals surface area contributed by atoms with Gasteiger partial charge in [0.15, 0.2) is 5.69 Å². The Labute approximate surface area is 87.1 Å². The molecule has 5 nitrogen and oxygen atoms in total. The van der Waals surface area contributed by atoms with E-state index in [1.165, 1.54) is 11.0 Å². The zero-order valence-electron chi connectivity index (χ0n) is 8.90. The number of hydrogen-bond donors (Lipinski definition) is 1. The first-order valence-electron chi connectivity index (χ1n) is 4.67. The van der Waals surface area contributed by atoms with Crippen molar-refractivity contribution < 1.29 is 4.79 Å². The normalized spacial score (nSPS) is 10.6. The van der Waals surface area contributed by atoms with Gasteiger partial charge in [-0.15, -0.1) is 0 Å². The van der Waals surface area contributed by atoms with Crippen LogP contribution in [0.1, 0.15) is 27.6 Å². The van der Waals surface area contributed by atoms with Gasteiger partial charge in [-0.3, -0.25) is 4.79 Å². The van der Waals surface area contributed by atoms with Crippen LogP contribution in [0.25, 0.3) is 0 Å². The molecule has 0 amide bonds. The minimum Gasteiger partial charge on any atom is -0.348 e. The van der Waals surface area contributed by atoms with E-state index in [-0.39, 0.29) is 5.91 Å². The highest BCUT2D eigenvalue weighted by Crippen LogP contribution is 2.07. The average Bonchev–Trinajstić information content (AvgIpc) is 2.71. The van der Waals surface area contributed by atoms with E-state index >= 15 is 0 Å². The third kappa shape index (κ3) is 1.56. The summed E-state index contributed by atoms with van der Waals surface area (Å²) in [4.78, 5) is 18.8. The van der Waals surface area contributed by atoms with Gasteiger partial charge in [-0.25, -0.2) is 4.98 Å². The highest BCUT2D eigenvalue weighted by atomic mass is 16.2. The standard InChI is InChI=1S/C10H12N4O/c1-6-4-7(2)14(13-6)10(15)9-8(3)11-5-12-9/h4-5H,1-3H3,(H,11,12). The molecule has 0 fully saturated rings. The van der Waals surface area contributed by atoms with Gasteiger partial charge in [-0.2, -0.15) is 9.78 Å². The highest BCUT2D eigenvalue weighted by molar-refractivity contribution is 5.94. The van der Waals surface area contributed by atoms with Crippen LogP contribution in [0, 0.1) is 20.8 Å². The molecule has 0 spiro atoms. The third-order valence-corrected chi connectivity index (χ3v) is 2.23. The highest BCUT2D eigenvalue weighted by Gasteiger charge is 2.16. The molecule has 0 aliphatic rings. The van der Waals surface area contributed by atoms with Crippen LogP contribution in [-0.2, 0) is 0 Å². The fourth-order valence-corrected chi connectivity index (χ4v) is 1.51. The predicted octanol–water partition coefficient (Wildman–Crippen LogP) is 1.22. The summed E-state index contributed by atoms with van der Waals surface area (Å²) >= 11 is 0. The summed E-state index contributed by atoms with van der Waals surface area (Å²) < 4.78 is 1.37. The second-order valence-electron chi connectivity index (χ2n) is 3.52. The molecule has 0 aliphatic heterocycles. The van der Waals surface area contributed by atoms with Gasteiger partial charge < -0.3 is 4.98 Å². The van der Waals surface area contributed by atoms with E-state index in [4.69, 9.17) is 0 Å². The average molecular weight is 204 g/mol. The maximum atomic E-state index is 12.0. The molecule has 5 heteroatoms. The van der Waals surface area contributed by atoms with Crippen LogP contribution in [0.2, 0.25) is 0 Å².